The predicted octanol–water partition coefficient (Wildman–Crippen LogP) is 3.55. The molecule has 2 aromatic carbocycles. The molecule has 1 aliphatic heterocycles. The summed E-state index contributed by atoms with van der Waals surface area (Å²) in [6.45, 7) is 3.83. The maximum atomic E-state index is 11.6. The lowest BCUT2D eigenvalue weighted by Gasteiger charge is -2.31. The molecule has 3 aromatic rings. The van der Waals surface area contributed by atoms with Crippen LogP contribution >= 0.6 is 0 Å². The zero-order valence-electron chi connectivity index (χ0n) is 14.8. The minimum atomic E-state index is -1.33. The van der Waals surface area contributed by atoms with Crippen molar-refractivity contribution in [2.24, 2.45) is 5.10 Å². The Morgan fingerprint density at radius 2 is 1.46 bits per heavy atom. The van der Waals surface area contributed by atoms with Gasteiger partial charge >= 0.3 is 0 Å². The molecule has 0 bridgehead atoms. The zero-order valence-corrected chi connectivity index (χ0v) is 14.8. The Balaban J connectivity index is 1.86. The first kappa shape index (κ1) is 16.4. The average Bonchev–Trinajstić information content (AvgIpc) is 3.01. The Morgan fingerprint density at radius 1 is 0.885 bits per heavy atom. The van der Waals surface area contributed by atoms with Crippen LogP contribution in [-0.2, 0) is 5.72 Å². The summed E-state index contributed by atoms with van der Waals surface area (Å²) in [6, 6.07) is 21.4. The van der Waals surface area contributed by atoms with Crippen molar-refractivity contribution < 1.29 is 5.11 Å². The first-order valence-electron chi connectivity index (χ1n) is 8.59. The number of nitrogens with zero attached hydrogens (tertiary/aromatic N) is 4. The minimum absolute atomic E-state index is 0.359. The first-order chi connectivity index (χ1) is 12.6. The number of rotatable bonds is 3. The van der Waals surface area contributed by atoms with Crippen LogP contribution in [0, 0.1) is 13.8 Å². The predicted molar refractivity (Wildman–Crippen MR) is 102 cm³/mol. The molecule has 0 amide bonds. The number of aryl methyl sites for hydroxylation is 2. The monoisotopic (exact) mass is 344 g/mol. The highest BCUT2D eigenvalue weighted by Gasteiger charge is 2.45. The number of anilines is 1. The van der Waals surface area contributed by atoms with E-state index in [-0.39, 0.29) is 0 Å². The highest BCUT2D eigenvalue weighted by Crippen LogP contribution is 2.38. The van der Waals surface area contributed by atoms with Gasteiger partial charge in [-0.25, -0.2) is 9.97 Å². The van der Waals surface area contributed by atoms with E-state index in [0.717, 1.165) is 28.2 Å². The van der Waals surface area contributed by atoms with Crippen molar-refractivity contribution in [3.8, 4) is 0 Å². The molecule has 0 aliphatic carbocycles. The van der Waals surface area contributed by atoms with E-state index in [9.17, 15) is 5.11 Å². The lowest BCUT2D eigenvalue weighted by atomic mass is 9.95. The molecule has 0 unspecified atom stereocenters. The smallest absolute Gasteiger partial charge is 0.249 e. The quantitative estimate of drug-likeness (QED) is 0.789. The van der Waals surface area contributed by atoms with E-state index in [0.29, 0.717) is 12.4 Å². The van der Waals surface area contributed by atoms with Crippen LogP contribution in [0.2, 0.25) is 0 Å². The fraction of sp³-hybridized carbons (Fsp3) is 0.190. The molecule has 1 N–H and O–H groups in total. The molecular weight excluding hydrogens is 324 g/mol. The molecule has 0 saturated carbocycles. The number of aliphatic hydroxyl groups is 1. The maximum Gasteiger partial charge on any atom is 0.249 e. The Hall–Kier alpha value is -3.05. The molecule has 5 nitrogen and oxygen atoms in total. The minimum Gasteiger partial charge on any atom is -0.365 e. The summed E-state index contributed by atoms with van der Waals surface area (Å²) in [5, 5.41) is 17.9. The van der Waals surface area contributed by atoms with Gasteiger partial charge in [-0.1, -0.05) is 60.7 Å². The summed E-state index contributed by atoms with van der Waals surface area (Å²) in [5.74, 6) is 0.403. The number of benzene rings is 2. The van der Waals surface area contributed by atoms with Gasteiger partial charge in [0.15, 0.2) is 5.72 Å². The van der Waals surface area contributed by atoms with Gasteiger partial charge in [0, 0.05) is 23.4 Å². The molecule has 5 heteroatoms. The molecule has 1 aliphatic rings. The summed E-state index contributed by atoms with van der Waals surface area (Å²) in [4.78, 5) is 9.03. The number of aromatic nitrogens is 2. The fourth-order valence-corrected chi connectivity index (χ4v) is 3.28. The molecular formula is C21H20N4O. The van der Waals surface area contributed by atoms with Gasteiger partial charge in [0.05, 0.1) is 5.71 Å². The molecule has 2 heterocycles. The molecule has 130 valence electrons. The van der Waals surface area contributed by atoms with E-state index in [1.807, 2.05) is 80.6 Å². The maximum absolute atomic E-state index is 11.6. The van der Waals surface area contributed by atoms with Gasteiger partial charge in [0.1, 0.15) is 0 Å². The van der Waals surface area contributed by atoms with Gasteiger partial charge in [-0.05, 0) is 25.5 Å². The van der Waals surface area contributed by atoms with Gasteiger partial charge in [-0.15, -0.1) is 0 Å². The highest BCUT2D eigenvalue weighted by molar-refractivity contribution is 6.03. The highest BCUT2D eigenvalue weighted by atomic mass is 16.3. The summed E-state index contributed by atoms with van der Waals surface area (Å²) in [6.07, 6.45) is 0.359. The second kappa shape index (κ2) is 6.35. The van der Waals surface area contributed by atoms with Crippen LogP contribution in [0.5, 0.6) is 0 Å². The Bertz CT molecular complexity index is 936. The van der Waals surface area contributed by atoms with E-state index in [1.54, 1.807) is 5.01 Å². The van der Waals surface area contributed by atoms with Crippen molar-refractivity contribution in [1.29, 1.82) is 0 Å². The number of hydrazone groups is 1. The molecule has 1 aromatic heterocycles. The van der Waals surface area contributed by atoms with E-state index < -0.39 is 5.72 Å². The zero-order chi connectivity index (χ0) is 18.1. The topological polar surface area (TPSA) is 61.6 Å². The van der Waals surface area contributed by atoms with Crippen molar-refractivity contribution in [2.75, 3.05) is 5.01 Å². The van der Waals surface area contributed by atoms with Crippen molar-refractivity contribution >= 4 is 11.7 Å². The van der Waals surface area contributed by atoms with Crippen LogP contribution in [0.4, 0.5) is 5.95 Å². The van der Waals surface area contributed by atoms with Crippen LogP contribution in [0.15, 0.2) is 71.8 Å². The molecule has 0 spiro atoms. The normalized spacial score (nSPS) is 19.5. The van der Waals surface area contributed by atoms with Crippen molar-refractivity contribution in [3.05, 3.63) is 89.2 Å². The van der Waals surface area contributed by atoms with Crippen LogP contribution in [0.25, 0.3) is 0 Å². The van der Waals surface area contributed by atoms with Gasteiger partial charge < -0.3 is 5.11 Å². The van der Waals surface area contributed by atoms with Crippen molar-refractivity contribution in [1.82, 2.24) is 9.97 Å². The van der Waals surface area contributed by atoms with Crippen LogP contribution < -0.4 is 5.01 Å². The van der Waals surface area contributed by atoms with Crippen LogP contribution in [0.1, 0.15) is 28.9 Å². The summed E-state index contributed by atoms with van der Waals surface area (Å²) >= 11 is 0. The van der Waals surface area contributed by atoms with Gasteiger partial charge in [0.25, 0.3) is 0 Å². The molecule has 1 atom stereocenters. The molecule has 0 radical (unpaired) electrons. The van der Waals surface area contributed by atoms with E-state index in [1.165, 1.54) is 0 Å². The molecule has 26 heavy (non-hydrogen) atoms. The third kappa shape index (κ3) is 2.86. The Morgan fingerprint density at radius 3 is 2.08 bits per heavy atom. The summed E-state index contributed by atoms with van der Waals surface area (Å²) in [7, 11) is 0. The third-order valence-electron chi connectivity index (χ3n) is 4.49. The van der Waals surface area contributed by atoms with Crippen LogP contribution in [-0.4, -0.2) is 20.8 Å². The van der Waals surface area contributed by atoms with E-state index >= 15 is 0 Å². The molecule has 0 saturated heterocycles. The second-order valence-electron chi connectivity index (χ2n) is 6.53. The summed E-state index contributed by atoms with van der Waals surface area (Å²) < 4.78 is 0. The lowest BCUT2D eigenvalue weighted by molar-refractivity contribution is 0.0479. The molecule has 0 fully saturated rings. The summed E-state index contributed by atoms with van der Waals surface area (Å²) in [5.41, 5.74) is 2.90. The second-order valence-corrected chi connectivity index (χ2v) is 6.53. The fourth-order valence-electron chi connectivity index (χ4n) is 3.28. The van der Waals surface area contributed by atoms with E-state index in [2.05, 4.69) is 9.97 Å². The van der Waals surface area contributed by atoms with Gasteiger partial charge in [0.2, 0.25) is 5.95 Å². The Labute approximate surface area is 152 Å². The Kier molecular flexibility index (Phi) is 4.01. The molecule has 4 rings (SSSR count). The largest absolute Gasteiger partial charge is 0.365 e. The van der Waals surface area contributed by atoms with E-state index in [4.69, 9.17) is 5.10 Å². The van der Waals surface area contributed by atoms with Crippen molar-refractivity contribution in [3.63, 3.8) is 0 Å². The standard InChI is InChI=1S/C21H20N4O/c1-15-13-16(2)23-20(22-15)25-21(26,18-11-7-4-8-12-18)14-19(24-25)17-9-5-3-6-10-17/h3-13,26H,14H2,1-2H3/t21-/m0/s1. The van der Waals surface area contributed by atoms with Gasteiger partial charge in [-0.3, -0.25) is 0 Å². The number of hydrogen-bond donors (Lipinski definition) is 1. The van der Waals surface area contributed by atoms with Gasteiger partial charge in [-0.2, -0.15) is 10.1 Å². The number of hydrogen-bond acceptors (Lipinski definition) is 5. The van der Waals surface area contributed by atoms with Crippen molar-refractivity contribution in [2.45, 2.75) is 26.0 Å². The first-order valence-corrected chi connectivity index (χ1v) is 8.59. The lowest BCUT2D eigenvalue weighted by Crippen LogP contribution is -2.41. The van der Waals surface area contributed by atoms with Crippen LogP contribution in [0.3, 0.4) is 0 Å². The average molecular weight is 344 g/mol. The third-order valence-corrected chi connectivity index (χ3v) is 4.49. The SMILES string of the molecule is Cc1cc(C)nc(N2N=C(c3ccccc3)C[C@]2(O)c2ccccc2)n1.